The van der Waals surface area contributed by atoms with Crippen molar-refractivity contribution in [1.29, 1.82) is 0 Å². The molecule has 102 valence electrons. The van der Waals surface area contributed by atoms with Crippen LogP contribution in [0.2, 0.25) is 5.15 Å². The highest BCUT2D eigenvalue weighted by molar-refractivity contribution is 6.30. The zero-order valence-electron chi connectivity index (χ0n) is 11.0. The molecule has 0 fully saturated rings. The minimum atomic E-state index is -0.529. The Morgan fingerprint density at radius 2 is 2.28 bits per heavy atom. The molecule has 3 N–H and O–H groups in total. The summed E-state index contributed by atoms with van der Waals surface area (Å²) in [5.74, 6) is 0. The van der Waals surface area contributed by atoms with Crippen molar-refractivity contribution < 1.29 is 9.53 Å². The molecule has 0 saturated carbocycles. The summed E-state index contributed by atoms with van der Waals surface area (Å²) in [6.07, 6.45) is 1.07. The Hall–Kier alpha value is -1.27. The number of nitrogens with two attached hydrogens (primary N) is 1. The molecule has 0 saturated heterocycles. The van der Waals surface area contributed by atoms with Crippen molar-refractivity contribution in [3.63, 3.8) is 0 Å². The number of amides is 1. The number of ether oxygens (including phenoxy) is 1. The van der Waals surface area contributed by atoms with Gasteiger partial charge in [-0.15, -0.1) is 0 Å². The van der Waals surface area contributed by atoms with Crippen LogP contribution in [-0.4, -0.2) is 27.8 Å². The van der Waals surface area contributed by atoms with Crippen molar-refractivity contribution in [3.8, 4) is 0 Å². The third-order valence-electron chi connectivity index (χ3n) is 2.15. The fourth-order valence-corrected chi connectivity index (χ4v) is 1.75. The molecular weight excluding hydrogens is 256 g/mol. The number of carbonyl (C=O) groups excluding carboxylic acids is 1. The summed E-state index contributed by atoms with van der Waals surface area (Å²) < 4.78 is 6.83. The Bertz CT molecular complexity index is 406. The quantitative estimate of drug-likeness (QED) is 0.877. The van der Waals surface area contributed by atoms with E-state index in [0.717, 1.165) is 0 Å². The fourth-order valence-electron chi connectivity index (χ4n) is 1.43. The monoisotopic (exact) mass is 274 g/mol. The Morgan fingerprint density at radius 3 is 2.72 bits per heavy atom. The first-order valence-electron chi connectivity index (χ1n) is 5.60. The van der Waals surface area contributed by atoms with Crippen LogP contribution in [0.1, 0.15) is 32.5 Å². The molecule has 1 atom stereocenters. The lowest BCUT2D eigenvalue weighted by Crippen LogP contribution is -2.37. The number of rotatable bonds is 3. The van der Waals surface area contributed by atoms with Crippen molar-refractivity contribution >= 4 is 17.7 Å². The van der Waals surface area contributed by atoms with Crippen LogP contribution in [0.3, 0.4) is 0 Å². The van der Waals surface area contributed by atoms with Crippen molar-refractivity contribution in [1.82, 2.24) is 14.9 Å². The molecule has 1 rings (SSSR count). The molecule has 1 amide bonds. The van der Waals surface area contributed by atoms with Crippen LogP contribution in [-0.2, 0) is 11.8 Å². The number of imidazole rings is 1. The number of nitrogens with zero attached hydrogens (tertiary/aromatic N) is 2. The first kappa shape index (κ1) is 14.8. The van der Waals surface area contributed by atoms with E-state index in [-0.39, 0.29) is 6.54 Å². The summed E-state index contributed by atoms with van der Waals surface area (Å²) in [7, 11) is 1.79. The Labute approximate surface area is 111 Å². The van der Waals surface area contributed by atoms with E-state index in [9.17, 15) is 4.79 Å². The Morgan fingerprint density at radius 1 is 1.67 bits per heavy atom. The van der Waals surface area contributed by atoms with Gasteiger partial charge in [-0.2, -0.15) is 0 Å². The van der Waals surface area contributed by atoms with E-state index in [1.165, 1.54) is 0 Å². The molecule has 0 radical (unpaired) electrons. The molecule has 18 heavy (non-hydrogen) atoms. The topological polar surface area (TPSA) is 82.2 Å². The number of hydrogen-bond donors (Lipinski definition) is 2. The van der Waals surface area contributed by atoms with Gasteiger partial charge in [-0.1, -0.05) is 11.6 Å². The minimum Gasteiger partial charge on any atom is -0.444 e. The number of carbonyl (C=O) groups is 1. The second-order valence-corrected chi connectivity index (χ2v) is 5.38. The van der Waals surface area contributed by atoms with Crippen LogP contribution in [0.15, 0.2) is 6.33 Å². The third kappa shape index (κ3) is 4.19. The van der Waals surface area contributed by atoms with Gasteiger partial charge in [-0.3, -0.25) is 0 Å². The van der Waals surface area contributed by atoms with E-state index in [2.05, 4.69) is 10.3 Å². The summed E-state index contributed by atoms with van der Waals surface area (Å²) in [5.41, 5.74) is 6.08. The van der Waals surface area contributed by atoms with Gasteiger partial charge in [0.05, 0.1) is 18.1 Å². The van der Waals surface area contributed by atoms with E-state index in [1.54, 1.807) is 38.7 Å². The first-order valence-corrected chi connectivity index (χ1v) is 5.97. The Balaban J connectivity index is 2.52. The Kier molecular flexibility index (Phi) is 4.59. The van der Waals surface area contributed by atoms with Crippen LogP contribution >= 0.6 is 11.6 Å². The van der Waals surface area contributed by atoms with Crippen molar-refractivity contribution in [2.45, 2.75) is 32.4 Å². The van der Waals surface area contributed by atoms with Crippen LogP contribution in [0, 0.1) is 0 Å². The molecule has 6 nitrogen and oxygen atoms in total. The lowest BCUT2D eigenvalue weighted by molar-refractivity contribution is 0.0524. The number of halogens is 1. The van der Waals surface area contributed by atoms with E-state index in [0.29, 0.717) is 10.8 Å². The number of aryl methyl sites for hydroxylation is 1. The lowest BCUT2D eigenvalue weighted by atomic mass is 10.2. The van der Waals surface area contributed by atoms with Gasteiger partial charge in [-0.25, -0.2) is 9.78 Å². The summed E-state index contributed by atoms with van der Waals surface area (Å²) in [6.45, 7) is 5.62. The molecule has 0 aliphatic rings. The summed E-state index contributed by atoms with van der Waals surface area (Å²) >= 11 is 5.91. The molecule has 0 spiro atoms. The van der Waals surface area contributed by atoms with Gasteiger partial charge in [0.25, 0.3) is 0 Å². The molecule has 0 aliphatic heterocycles. The minimum absolute atomic E-state index is 0.230. The maximum Gasteiger partial charge on any atom is 0.407 e. The number of nitrogens with one attached hydrogen (secondary N) is 1. The van der Waals surface area contributed by atoms with E-state index >= 15 is 0 Å². The van der Waals surface area contributed by atoms with Gasteiger partial charge < -0.3 is 20.4 Å². The highest BCUT2D eigenvalue weighted by Gasteiger charge is 2.19. The average molecular weight is 275 g/mol. The van der Waals surface area contributed by atoms with Crippen LogP contribution in [0.4, 0.5) is 4.79 Å². The summed E-state index contributed by atoms with van der Waals surface area (Å²) in [4.78, 5) is 15.4. The number of hydrogen-bond acceptors (Lipinski definition) is 4. The summed E-state index contributed by atoms with van der Waals surface area (Å²) in [6, 6.07) is -0.433. The van der Waals surface area contributed by atoms with Gasteiger partial charge in [0.2, 0.25) is 0 Å². The lowest BCUT2D eigenvalue weighted by Gasteiger charge is -2.21. The summed E-state index contributed by atoms with van der Waals surface area (Å²) in [5, 5.41) is 2.94. The van der Waals surface area contributed by atoms with E-state index in [1.807, 2.05) is 0 Å². The predicted octanol–water partition coefficient (Wildman–Crippen LogP) is 1.60. The molecule has 0 aromatic carbocycles. The molecule has 0 bridgehead atoms. The standard InChI is InChI=1S/C11H19ClN4O2/c1-11(2,3)18-10(17)14-5-7(13)8-9(12)15-6-16(8)4/h6-7H,5,13H2,1-4H3,(H,14,17). The number of alkyl carbamates (subject to hydrolysis) is 1. The molecule has 1 aromatic rings. The van der Waals surface area contributed by atoms with Crippen molar-refractivity contribution in [2.24, 2.45) is 12.8 Å². The molecular formula is C11H19ClN4O2. The second kappa shape index (κ2) is 5.58. The van der Waals surface area contributed by atoms with Crippen LogP contribution in [0.5, 0.6) is 0 Å². The largest absolute Gasteiger partial charge is 0.444 e. The zero-order chi connectivity index (χ0) is 13.9. The molecule has 1 heterocycles. The van der Waals surface area contributed by atoms with E-state index in [4.69, 9.17) is 22.1 Å². The molecule has 1 aromatic heterocycles. The molecule has 1 unspecified atom stereocenters. The maximum atomic E-state index is 11.5. The van der Waals surface area contributed by atoms with Crippen molar-refractivity contribution in [2.75, 3.05) is 6.54 Å². The highest BCUT2D eigenvalue weighted by atomic mass is 35.5. The fraction of sp³-hybridized carbons (Fsp3) is 0.636. The van der Waals surface area contributed by atoms with Crippen molar-refractivity contribution in [3.05, 3.63) is 17.2 Å². The maximum absolute atomic E-state index is 11.5. The molecule has 0 aliphatic carbocycles. The highest BCUT2D eigenvalue weighted by Crippen LogP contribution is 2.18. The normalized spacial score (nSPS) is 13.2. The average Bonchev–Trinajstić information content (AvgIpc) is 2.53. The predicted molar refractivity (Wildman–Crippen MR) is 69.4 cm³/mol. The second-order valence-electron chi connectivity index (χ2n) is 5.02. The SMILES string of the molecule is Cn1cnc(Cl)c1C(N)CNC(=O)OC(C)(C)C. The van der Waals surface area contributed by atoms with Gasteiger partial charge in [0, 0.05) is 13.6 Å². The van der Waals surface area contributed by atoms with Gasteiger partial charge in [0.15, 0.2) is 5.15 Å². The van der Waals surface area contributed by atoms with E-state index < -0.39 is 17.7 Å². The van der Waals surface area contributed by atoms with Crippen LogP contribution in [0.25, 0.3) is 0 Å². The molecule has 7 heteroatoms. The number of aromatic nitrogens is 2. The smallest absolute Gasteiger partial charge is 0.407 e. The van der Waals surface area contributed by atoms with Gasteiger partial charge >= 0.3 is 6.09 Å². The van der Waals surface area contributed by atoms with Gasteiger partial charge in [0.1, 0.15) is 5.60 Å². The first-order chi connectivity index (χ1) is 8.20. The van der Waals surface area contributed by atoms with Crippen LogP contribution < -0.4 is 11.1 Å². The van der Waals surface area contributed by atoms with Gasteiger partial charge in [-0.05, 0) is 20.8 Å². The zero-order valence-corrected chi connectivity index (χ0v) is 11.8. The third-order valence-corrected chi connectivity index (χ3v) is 2.44.